The van der Waals surface area contributed by atoms with Gasteiger partial charge in [0.15, 0.2) is 0 Å². The zero-order valence-corrected chi connectivity index (χ0v) is 10.4. The Morgan fingerprint density at radius 2 is 2.12 bits per heavy atom. The largest absolute Gasteiger partial charge is 0.364 e. The first kappa shape index (κ1) is 11.6. The lowest BCUT2D eigenvalue weighted by Gasteiger charge is -2.04. The molecule has 0 atom stereocenters. The zero-order valence-electron chi connectivity index (χ0n) is 10.4. The Morgan fingerprint density at radius 3 is 2.76 bits per heavy atom. The lowest BCUT2D eigenvalue weighted by molar-refractivity contribution is 0.746. The van der Waals surface area contributed by atoms with Crippen molar-refractivity contribution in [2.75, 3.05) is 5.32 Å². The molecule has 2 heterocycles. The van der Waals surface area contributed by atoms with Gasteiger partial charge in [0.05, 0.1) is 11.4 Å². The minimum Gasteiger partial charge on any atom is -0.364 e. The van der Waals surface area contributed by atoms with Crippen molar-refractivity contribution >= 4 is 5.82 Å². The third kappa shape index (κ3) is 2.81. The van der Waals surface area contributed by atoms with Gasteiger partial charge in [-0.1, -0.05) is 6.92 Å². The van der Waals surface area contributed by atoms with Gasteiger partial charge in [0, 0.05) is 25.4 Å². The topological polar surface area (TPSA) is 55.6 Å². The molecule has 0 aliphatic carbocycles. The fourth-order valence-corrected chi connectivity index (χ4v) is 1.71. The molecule has 0 aliphatic rings. The molecule has 0 fully saturated rings. The highest BCUT2D eigenvalue weighted by Crippen LogP contribution is 2.10. The number of aryl methyl sites for hydroxylation is 3. The molecule has 0 saturated carbocycles. The van der Waals surface area contributed by atoms with Crippen molar-refractivity contribution in [1.29, 1.82) is 0 Å². The van der Waals surface area contributed by atoms with E-state index in [-0.39, 0.29) is 0 Å². The van der Waals surface area contributed by atoms with Crippen LogP contribution in [0.15, 0.2) is 18.3 Å². The van der Waals surface area contributed by atoms with E-state index in [9.17, 15) is 0 Å². The van der Waals surface area contributed by atoms with Crippen LogP contribution in [0.3, 0.4) is 0 Å². The van der Waals surface area contributed by atoms with Crippen LogP contribution in [0.1, 0.15) is 23.9 Å². The van der Waals surface area contributed by atoms with E-state index in [1.54, 1.807) is 0 Å². The molecule has 0 unspecified atom stereocenters. The molecule has 2 aromatic rings. The van der Waals surface area contributed by atoms with Crippen molar-refractivity contribution in [1.82, 2.24) is 20.0 Å². The first-order valence-electron chi connectivity index (χ1n) is 5.74. The molecule has 90 valence electrons. The molecule has 0 amide bonds. The summed E-state index contributed by atoms with van der Waals surface area (Å²) in [7, 11) is 1.94. The third-order valence-electron chi connectivity index (χ3n) is 2.58. The second-order valence-electron chi connectivity index (χ2n) is 4.04. The van der Waals surface area contributed by atoms with E-state index >= 15 is 0 Å². The second kappa shape index (κ2) is 4.95. The fourth-order valence-electron chi connectivity index (χ4n) is 1.71. The van der Waals surface area contributed by atoms with E-state index in [0.717, 1.165) is 30.2 Å². The highest BCUT2D eigenvalue weighted by Gasteiger charge is 2.05. The maximum absolute atomic E-state index is 4.40. The summed E-state index contributed by atoms with van der Waals surface area (Å²) >= 11 is 0. The molecule has 0 spiro atoms. The number of nitrogens with zero attached hydrogens (tertiary/aromatic N) is 4. The quantitative estimate of drug-likeness (QED) is 0.870. The van der Waals surface area contributed by atoms with E-state index in [2.05, 4.69) is 27.5 Å². The molecule has 0 saturated heterocycles. The number of aromatic nitrogens is 4. The average molecular weight is 231 g/mol. The molecule has 0 bridgehead atoms. The van der Waals surface area contributed by atoms with E-state index < -0.39 is 0 Å². The Balaban J connectivity index is 2.04. The zero-order chi connectivity index (χ0) is 12.3. The first-order valence-corrected chi connectivity index (χ1v) is 5.74. The van der Waals surface area contributed by atoms with E-state index in [4.69, 9.17) is 0 Å². The van der Waals surface area contributed by atoms with Gasteiger partial charge in [0.25, 0.3) is 0 Å². The van der Waals surface area contributed by atoms with E-state index in [1.807, 2.05) is 37.0 Å². The molecule has 17 heavy (non-hydrogen) atoms. The molecule has 0 radical (unpaired) electrons. The monoisotopic (exact) mass is 231 g/mol. The lowest BCUT2D eigenvalue weighted by Crippen LogP contribution is -2.03. The van der Waals surface area contributed by atoms with E-state index in [0.29, 0.717) is 0 Å². The number of anilines is 1. The van der Waals surface area contributed by atoms with Gasteiger partial charge < -0.3 is 5.32 Å². The Morgan fingerprint density at radius 1 is 1.29 bits per heavy atom. The smallest absolute Gasteiger partial charge is 0.148 e. The summed E-state index contributed by atoms with van der Waals surface area (Å²) in [4.78, 5) is 0. The minimum atomic E-state index is 0.731. The molecule has 2 aromatic heterocycles. The van der Waals surface area contributed by atoms with Crippen molar-refractivity contribution < 1.29 is 0 Å². The van der Waals surface area contributed by atoms with Crippen LogP contribution in [0.2, 0.25) is 0 Å². The Labute approximate surface area is 101 Å². The highest BCUT2D eigenvalue weighted by molar-refractivity contribution is 5.34. The molecule has 5 heteroatoms. The predicted molar refractivity (Wildman–Crippen MR) is 66.7 cm³/mol. The second-order valence-corrected chi connectivity index (χ2v) is 4.04. The van der Waals surface area contributed by atoms with Crippen LogP contribution in [0.25, 0.3) is 0 Å². The molecular formula is C12H17N5. The van der Waals surface area contributed by atoms with Gasteiger partial charge in [-0.2, -0.15) is 10.2 Å². The highest BCUT2D eigenvalue weighted by atomic mass is 15.3. The minimum absolute atomic E-state index is 0.731. The van der Waals surface area contributed by atoms with Crippen molar-refractivity contribution in [2.45, 2.75) is 26.8 Å². The van der Waals surface area contributed by atoms with Crippen molar-refractivity contribution in [3.63, 3.8) is 0 Å². The van der Waals surface area contributed by atoms with Gasteiger partial charge >= 0.3 is 0 Å². The first-order chi connectivity index (χ1) is 8.19. The maximum Gasteiger partial charge on any atom is 0.148 e. The van der Waals surface area contributed by atoms with Gasteiger partial charge in [0.2, 0.25) is 0 Å². The SMILES string of the molecule is CCc1nn(C)cc1CNc1ccc(C)nn1. The van der Waals surface area contributed by atoms with Gasteiger partial charge in [0.1, 0.15) is 5.82 Å². The van der Waals surface area contributed by atoms with Gasteiger partial charge in [-0.05, 0) is 25.5 Å². The molecular weight excluding hydrogens is 214 g/mol. The summed E-state index contributed by atoms with van der Waals surface area (Å²) < 4.78 is 1.84. The molecule has 1 N–H and O–H groups in total. The summed E-state index contributed by atoms with van der Waals surface area (Å²) in [5, 5.41) is 15.7. The number of rotatable bonds is 4. The molecule has 2 rings (SSSR count). The van der Waals surface area contributed by atoms with Crippen LogP contribution in [0.5, 0.6) is 0 Å². The fraction of sp³-hybridized carbons (Fsp3) is 0.417. The molecule has 5 nitrogen and oxygen atoms in total. The normalized spacial score (nSPS) is 10.5. The Kier molecular flexibility index (Phi) is 3.37. The Bertz CT molecular complexity index is 486. The number of hydrogen-bond acceptors (Lipinski definition) is 4. The van der Waals surface area contributed by atoms with Crippen LogP contribution in [-0.4, -0.2) is 20.0 Å². The number of hydrogen-bond donors (Lipinski definition) is 1. The van der Waals surface area contributed by atoms with Crippen LogP contribution in [-0.2, 0) is 20.0 Å². The predicted octanol–water partition coefficient (Wildman–Crippen LogP) is 1.69. The maximum atomic E-state index is 4.40. The van der Waals surface area contributed by atoms with Crippen molar-refractivity contribution in [3.8, 4) is 0 Å². The van der Waals surface area contributed by atoms with Gasteiger partial charge in [-0.25, -0.2) is 0 Å². The third-order valence-corrected chi connectivity index (χ3v) is 2.58. The summed E-state index contributed by atoms with van der Waals surface area (Å²) in [6, 6.07) is 3.88. The van der Waals surface area contributed by atoms with Crippen LogP contribution in [0.4, 0.5) is 5.82 Å². The van der Waals surface area contributed by atoms with Gasteiger partial charge in [-0.15, -0.1) is 5.10 Å². The summed E-state index contributed by atoms with van der Waals surface area (Å²) in [5.41, 5.74) is 3.25. The summed E-state index contributed by atoms with van der Waals surface area (Å²) in [6.07, 6.45) is 2.98. The Hall–Kier alpha value is -1.91. The molecule has 0 aliphatic heterocycles. The van der Waals surface area contributed by atoms with E-state index in [1.165, 1.54) is 5.56 Å². The summed E-state index contributed by atoms with van der Waals surface area (Å²) in [5.74, 6) is 0.793. The van der Waals surface area contributed by atoms with Crippen molar-refractivity contribution in [2.24, 2.45) is 7.05 Å². The molecule has 0 aromatic carbocycles. The van der Waals surface area contributed by atoms with Crippen LogP contribution < -0.4 is 5.32 Å². The average Bonchev–Trinajstić information content (AvgIpc) is 2.69. The summed E-state index contributed by atoms with van der Waals surface area (Å²) in [6.45, 7) is 4.76. The standard InChI is InChI=1S/C12H17N5/c1-4-11-10(8-17(3)16-11)7-13-12-6-5-9(2)14-15-12/h5-6,8H,4,7H2,1-3H3,(H,13,15). The van der Waals surface area contributed by atoms with Crippen LogP contribution >= 0.6 is 0 Å². The van der Waals surface area contributed by atoms with Gasteiger partial charge in [-0.3, -0.25) is 4.68 Å². The van der Waals surface area contributed by atoms with Crippen molar-refractivity contribution in [3.05, 3.63) is 35.3 Å². The lowest BCUT2D eigenvalue weighted by atomic mass is 10.2. The number of nitrogens with one attached hydrogen (secondary N) is 1. The van der Waals surface area contributed by atoms with Crippen LogP contribution in [0, 0.1) is 6.92 Å².